The van der Waals surface area contributed by atoms with Gasteiger partial charge in [-0.15, -0.1) is 0 Å². The lowest BCUT2D eigenvalue weighted by atomic mass is 10.2. The van der Waals surface area contributed by atoms with Crippen molar-refractivity contribution in [3.05, 3.63) is 44.6 Å². The van der Waals surface area contributed by atoms with E-state index in [4.69, 9.17) is 0 Å². The third kappa shape index (κ3) is 2.88. The van der Waals surface area contributed by atoms with Gasteiger partial charge in [-0.05, 0) is 31.0 Å². The summed E-state index contributed by atoms with van der Waals surface area (Å²) < 4.78 is 3.21. The molecular formula is C18H18N6O2S. The number of rotatable bonds is 3. The minimum Gasteiger partial charge on any atom is -0.348 e. The Morgan fingerprint density at radius 3 is 2.63 bits per heavy atom. The lowest BCUT2D eigenvalue weighted by Gasteiger charge is -2.13. The Bertz CT molecular complexity index is 1190. The van der Waals surface area contributed by atoms with Crippen molar-refractivity contribution in [2.45, 2.75) is 12.8 Å². The van der Waals surface area contributed by atoms with Crippen LogP contribution in [0.15, 0.2) is 27.8 Å². The predicted molar refractivity (Wildman–Crippen MR) is 106 cm³/mol. The van der Waals surface area contributed by atoms with E-state index < -0.39 is 11.2 Å². The summed E-state index contributed by atoms with van der Waals surface area (Å²) in [7, 11) is 2.89. The van der Waals surface area contributed by atoms with Gasteiger partial charge in [-0.1, -0.05) is 11.3 Å². The van der Waals surface area contributed by atoms with Gasteiger partial charge in [-0.3, -0.25) is 13.9 Å². The number of nitriles is 1. The smallest absolute Gasteiger partial charge is 0.332 e. The van der Waals surface area contributed by atoms with Gasteiger partial charge in [0.25, 0.3) is 5.56 Å². The van der Waals surface area contributed by atoms with Crippen molar-refractivity contribution in [2.75, 3.05) is 23.3 Å². The number of nitrogens with one attached hydrogen (secondary N) is 1. The van der Waals surface area contributed by atoms with Crippen LogP contribution >= 0.6 is 11.3 Å². The molecule has 0 amide bonds. The van der Waals surface area contributed by atoms with Crippen molar-refractivity contribution < 1.29 is 0 Å². The number of aromatic nitrogens is 3. The van der Waals surface area contributed by atoms with Crippen molar-refractivity contribution in [1.29, 1.82) is 5.26 Å². The number of hydrogen-bond donors (Lipinski definition) is 1. The Hall–Kier alpha value is -3.12. The van der Waals surface area contributed by atoms with Gasteiger partial charge in [0, 0.05) is 32.9 Å². The fourth-order valence-corrected chi connectivity index (χ4v) is 4.32. The van der Waals surface area contributed by atoms with E-state index in [-0.39, 0.29) is 11.4 Å². The van der Waals surface area contributed by atoms with Gasteiger partial charge in [0.05, 0.1) is 10.2 Å². The molecule has 3 heterocycles. The minimum atomic E-state index is -0.613. The molecule has 1 aliphatic rings. The van der Waals surface area contributed by atoms with Crippen LogP contribution < -0.4 is 21.5 Å². The SMILES string of the molecule is Cn1c(Nc2ccc3nc(N4CCCC4)sc3c2)c(C#N)c(=O)n(C)c1=O. The zero-order valence-electron chi connectivity index (χ0n) is 15.0. The number of anilines is 3. The summed E-state index contributed by atoms with van der Waals surface area (Å²) in [5.41, 5.74) is 0.404. The molecule has 1 N–H and O–H groups in total. The molecule has 0 unspecified atom stereocenters. The quantitative estimate of drug-likeness (QED) is 0.743. The summed E-state index contributed by atoms with van der Waals surface area (Å²) in [5, 5.41) is 13.5. The van der Waals surface area contributed by atoms with Crippen LogP contribution in [0.2, 0.25) is 0 Å². The molecular weight excluding hydrogens is 364 g/mol. The van der Waals surface area contributed by atoms with E-state index in [0.717, 1.165) is 33.0 Å². The molecule has 1 fully saturated rings. The van der Waals surface area contributed by atoms with Gasteiger partial charge in [0.2, 0.25) is 0 Å². The van der Waals surface area contributed by atoms with E-state index in [0.29, 0.717) is 5.69 Å². The highest BCUT2D eigenvalue weighted by molar-refractivity contribution is 7.22. The molecule has 3 aromatic rings. The van der Waals surface area contributed by atoms with Crippen LogP contribution in [-0.4, -0.2) is 27.2 Å². The molecule has 27 heavy (non-hydrogen) atoms. The molecule has 0 spiro atoms. The number of thiazole rings is 1. The van der Waals surface area contributed by atoms with Crippen molar-refractivity contribution in [1.82, 2.24) is 14.1 Å². The molecule has 4 rings (SSSR count). The number of hydrogen-bond acceptors (Lipinski definition) is 7. The van der Waals surface area contributed by atoms with E-state index in [1.165, 1.54) is 31.5 Å². The number of fused-ring (bicyclic) bond motifs is 1. The normalized spacial score (nSPS) is 13.9. The Morgan fingerprint density at radius 1 is 1.19 bits per heavy atom. The molecule has 0 atom stereocenters. The first-order valence-corrected chi connectivity index (χ1v) is 9.44. The highest BCUT2D eigenvalue weighted by Gasteiger charge is 2.18. The first kappa shape index (κ1) is 17.3. The molecule has 0 radical (unpaired) electrons. The summed E-state index contributed by atoms with van der Waals surface area (Å²) in [6.07, 6.45) is 2.38. The molecule has 1 aliphatic heterocycles. The fourth-order valence-electron chi connectivity index (χ4n) is 3.26. The average Bonchev–Trinajstić information content (AvgIpc) is 3.33. The largest absolute Gasteiger partial charge is 0.348 e. The summed E-state index contributed by atoms with van der Waals surface area (Å²) in [6, 6.07) is 7.56. The Balaban J connectivity index is 1.75. The van der Waals surface area contributed by atoms with Crippen molar-refractivity contribution in [2.24, 2.45) is 14.1 Å². The summed E-state index contributed by atoms with van der Waals surface area (Å²) in [6.45, 7) is 2.07. The first-order chi connectivity index (χ1) is 13.0. The van der Waals surface area contributed by atoms with E-state index in [1.807, 2.05) is 24.3 Å². The maximum atomic E-state index is 12.2. The van der Waals surface area contributed by atoms with Crippen LogP contribution in [0.25, 0.3) is 10.2 Å². The average molecular weight is 382 g/mol. The molecule has 1 aromatic carbocycles. The Morgan fingerprint density at radius 2 is 1.93 bits per heavy atom. The highest BCUT2D eigenvalue weighted by Crippen LogP contribution is 2.33. The highest BCUT2D eigenvalue weighted by atomic mass is 32.1. The minimum absolute atomic E-state index is 0.0956. The Labute approximate surface area is 158 Å². The van der Waals surface area contributed by atoms with E-state index in [9.17, 15) is 14.9 Å². The molecule has 0 aliphatic carbocycles. The van der Waals surface area contributed by atoms with Crippen LogP contribution in [0.1, 0.15) is 18.4 Å². The number of benzene rings is 1. The summed E-state index contributed by atoms with van der Waals surface area (Å²) in [5.74, 6) is 0.189. The topological polar surface area (TPSA) is 95.9 Å². The van der Waals surface area contributed by atoms with Gasteiger partial charge < -0.3 is 10.2 Å². The van der Waals surface area contributed by atoms with E-state index >= 15 is 0 Å². The monoisotopic (exact) mass is 382 g/mol. The van der Waals surface area contributed by atoms with Gasteiger partial charge in [-0.2, -0.15) is 5.26 Å². The zero-order valence-corrected chi connectivity index (χ0v) is 15.8. The number of nitrogens with zero attached hydrogens (tertiary/aromatic N) is 5. The molecule has 0 bridgehead atoms. The zero-order chi connectivity index (χ0) is 19.1. The molecule has 2 aromatic heterocycles. The van der Waals surface area contributed by atoms with Crippen LogP contribution in [0, 0.1) is 11.3 Å². The molecule has 1 saturated heterocycles. The lowest BCUT2D eigenvalue weighted by Crippen LogP contribution is -2.39. The summed E-state index contributed by atoms with van der Waals surface area (Å²) >= 11 is 1.62. The third-order valence-electron chi connectivity index (χ3n) is 4.79. The van der Waals surface area contributed by atoms with E-state index in [2.05, 4.69) is 15.2 Å². The second kappa shape index (κ2) is 6.55. The standard InChI is InChI=1S/C18H18N6O2S/c1-22-15(12(10-19)16(25)23(2)18(22)26)20-11-5-6-13-14(9-11)27-17(21-13)24-7-3-4-8-24/h5-6,9,20H,3-4,7-8H2,1-2H3. The lowest BCUT2D eigenvalue weighted by molar-refractivity contribution is 0.689. The predicted octanol–water partition coefficient (Wildman–Crippen LogP) is 1.91. The maximum Gasteiger partial charge on any atom is 0.332 e. The van der Waals surface area contributed by atoms with Crippen molar-refractivity contribution in [3.8, 4) is 6.07 Å². The third-order valence-corrected chi connectivity index (χ3v) is 5.87. The van der Waals surface area contributed by atoms with Gasteiger partial charge in [0.15, 0.2) is 10.7 Å². The van der Waals surface area contributed by atoms with Crippen LogP contribution in [-0.2, 0) is 14.1 Å². The van der Waals surface area contributed by atoms with Crippen LogP contribution in [0.4, 0.5) is 16.6 Å². The second-order valence-electron chi connectivity index (χ2n) is 6.54. The van der Waals surface area contributed by atoms with Gasteiger partial charge >= 0.3 is 5.69 Å². The van der Waals surface area contributed by atoms with Gasteiger partial charge in [0.1, 0.15) is 11.9 Å². The van der Waals surface area contributed by atoms with Crippen molar-refractivity contribution >= 4 is 38.2 Å². The first-order valence-electron chi connectivity index (χ1n) is 8.62. The van der Waals surface area contributed by atoms with Crippen molar-refractivity contribution in [3.63, 3.8) is 0 Å². The molecule has 0 saturated carbocycles. The van der Waals surface area contributed by atoms with Crippen LogP contribution in [0.3, 0.4) is 0 Å². The van der Waals surface area contributed by atoms with E-state index in [1.54, 1.807) is 11.3 Å². The second-order valence-corrected chi connectivity index (χ2v) is 7.55. The molecule has 9 heteroatoms. The Kier molecular flexibility index (Phi) is 4.20. The molecule has 8 nitrogen and oxygen atoms in total. The van der Waals surface area contributed by atoms with Crippen LogP contribution in [0.5, 0.6) is 0 Å². The van der Waals surface area contributed by atoms with Gasteiger partial charge in [-0.25, -0.2) is 9.78 Å². The maximum absolute atomic E-state index is 12.2. The fraction of sp³-hybridized carbons (Fsp3) is 0.333. The summed E-state index contributed by atoms with van der Waals surface area (Å²) in [4.78, 5) is 31.4. The molecule has 138 valence electrons.